The van der Waals surface area contributed by atoms with E-state index in [9.17, 15) is 45.5 Å². The highest BCUT2D eigenvalue weighted by Gasteiger charge is 2.43. The number of nitrogens with zero attached hydrogens (tertiary/aromatic N) is 4. The number of cyclic esters (lactones) is 2. The molecule has 6 fully saturated rings. The molecule has 6 aliphatic rings. The molecule has 4 amide bonds. The van der Waals surface area contributed by atoms with Crippen LogP contribution >= 0.6 is 0 Å². The molecular weight excluding hydrogens is 798 g/mol. The number of hydrogen-bond donors (Lipinski definition) is 2. The van der Waals surface area contributed by atoms with Crippen LogP contribution in [0.15, 0.2) is 36.7 Å². The molecule has 0 radical (unpaired) electrons. The van der Waals surface area contributed by atoms with Gasteiger partial charge in [0.05, 0.1) is 23.9 Å². The zero-order chi connectivity index (χ0) is 42.6. The van der Waals surface area contributed by atoms with Crippen molar-refractivity contribution in [2.75, 3.05) is 39.4 Å². The summed E-state index contributed by atoms with van der Waals surface area (Å²) in [4.78, 5) is 59.2. The van der Waals surface area contributed by atoms with E-state index in [4.69, 9.17) is 9.47 Å². The molecule has 0 bridgehead atoms. The zero-order valence-corrected chi connectivity index (χ0v) is 33.3. The Morgan fingerprint density at radius 1 is 0.583 bits per heavy atom. The summed E-state index contributed by atoms with van der Waals surface area (Å²) in [7, 11) is 0. The molecule has 12 nitrogen and oxygen atoms in total. The van der Waals surface area contributed by atoms with Crippen molar-refractivity contribution in [3.05, 3.63) is 59.2 Å². The third-order valence-corrected chi connectivity index (χ3v) is 13.1. The van der Waals surface area contributed by atoms with Gasteiger partial charge < -0.3 is 29.9 Å². The second kappa shape index (κ2) is 18.5. The summed E-state index contributed by atoms with van der Waals surface area (Å²) in [5.41, 5.74) is 3.85. The van der Waals surface area contributed by atoms with Gasteiger partial charge >= 0.3 is 24.5 Å². The highest BCUT2D eigenvalue weighted by molar-refractivity contribution is 5.78. The van der Waals surface area contributed by atoms with Gasteiger partial charge in [0.15, 0.2) is 0 Å². The summed E-state index contributed by atoms with van der Waals surface area (Å²) in [6, 6.07) is 7.66. The number of rotatable bonds is 10. The maximum atomic E-state index is 12.8. The molecule has 2 N–H and O–H groups in total. The third-order valence-electron chi connectivity index (χ3n) is 13.1. The number of ether oxygens (including phenoxy) is 2. The minimum Gasteiger partial charge on any atom is -0.447 e. The fraction of sp³-hybridized carbons (Fsp3) is 0.667. The van der Waals surface area contributed by atoms with Crippen LogP contribution in [0.5, 0.6) is 0 Å². The molecule has 2 aliphatic carbocycles. The molecule has 0 unspecified atom stereocenters. The average molecular weight is 851 g/mol. The molecule has 4 aliphatic heterocycles. The Balaban J connectivity index is 0.000000181. The fourth-order valence-corrected chi connectivity index (χ4v) is 9.09. The maximum Gasteiger partial charge on any atom is 0.407 e. The van der Waals surface area contributed by atoms with E-state index in [-0.39, 0.29) is 73.3 Å². The average Bonchev–Trinajstić information content (AvgIpc) is 3.82. The number of carbonyl (C=O) groups is 4. The maximum absolute atomic E-state index is 12.8. The van der Waals surface area contributed by atoms with E-state index < -0.39 is 36.4 Å². The highest BCUT2D eigenvalue weighted by Crippen LogP contribution is 2.44. The number of hydrogen-bond acceptors (Lipinski definition) is 8. The SMILES string of the molecule is O=C1N[C@H](CCC(=O)N2CC(c3ccc(C4CCC(C(F)(F)F)CC4)nc3)C2)CO1.O=C1N[C@H](CCC(=O)N2CC(c3ccc(C4CCC(C(F)(F)F)CC4)nc3)C2)CO1. The van der Waals surface area contributed by atoms with E-state index in [1.54, 1.807) is 9.80 Å². The Labute approximate surface area is 344 Å². The molecule has 60 heavy (non-hydrogen) atoms. The van der Waals surface area contributed by atoms with Gasteiger partial charge in [-0.15, -0.1) is 0 Å². The van der Waals surface area contributed by atoms with Gasteiger partial charge in [-0.1, -0.05) is 12.1 Å². The molecule has 4 saturated heterocycles. The number of likely N-dealkylation sites (tertiary alicyclic amines) is 2. The Morgan fingerprint density at radius 2 is 0.950 bits per heavy atom. The summed E-state index contributed by atoms with van der Waals surface area (Å²) in [6.45, 7) is 3.19. The van der Waals surface area contributed by atoms with Crippen LogP contribution in [-0.2, 0) is 19.1 Å². The van der Waals surface area contributed by atoms with Gasteiger partial charge in [-0.3, -0.25) is 19.6 Å². The van der Waals surface area contributed by atoms with Gasteiger partial charge in [0.25, 0.3) is 0 Å². The Morgan fingerprint density at radius 3 is 1.23 bits per heavy atom. The topological polar surface area (TPSA) is 143 Å². The van der Waals surface area contributed by atoms with E-state index in [2.05, 4.69) is 20.6 Å². The van der Waals surface area contributed by atoms with E-state index in [1.807, 2.05) is 36.7 Å². The van der Waals surface area contributed by atoms with Crippen LogP contribution in [-0.4, -0.2) is 108 Å². The van der Waals surface area contributed by atoms with Crippen molar-refractivity contribution in [3.63, 3.8) is 0 Å². The van der Waals surface area contributed by atoms with Crippen molar-refractivity contribution < 1.29 is 55.0 Å². The Hall–Kier alpha value is -4.64. The first kappa shape index (κ1) is 43.4. The lowest BCUT2D eigenvalue weighted by atomic mass is 9.80. The smallest absolute Gasteiger partial charge is 0.407 e. The number of aromatic nitrogens is 2. The van der Waals surface area contributed by atoms with Gasteiger partial charge in [0.2, 0.25) is 11.8 Å². The van der Waals surface area contributed by atoms with Crippen LogP contribution < -0.4 is 10.6 Å². The standard InChI is InChI=1S/2C21H26F3N3O3/c2*22-21(23,24)16-4-1-13(2-5-16)18-7-3-14(9-25-18)15-10-27(11-15)19(28)8-6-17-12-30-20(29)26-17/h2*3,7,9,13,15-17H,1-2,4-6,8,10-12H2,(H,26,29)/t2*13?,16?,17-/m11/s1. The molecule has 6 heterocycles. The van der Waals surface area contributed by atoms with Crippen LogP contribution in [0.1, 0.15) is 123 Å². The predicted molar refractivity (Wildman–Crippen MR) is 204 cm³/mol. The predicted octanol–water partition coefficient (Wildman–Crippen LogP) is 7.46. The number of alkyl halides is 6. The molecule has 0 aromatic carbocycles. The molecule has 2 aromatic heterocycles. The first-order valence-corrected chi connectivity index (χ1v) is 21.1. The summed E-state index contributed by atoms with van der Waals surface area (Å²) in [5, 5.41) is 5.33. The molecule has 2 saturated carbocycles. The van der Waals surface area contributed by atoms with Crippen molar-refractivity contribution in [3.8, 4) is 0 Å². The van der Waals surface area contributed by atoms with Crippen molar-refractivity contribution in [1.82, 2.24) is 30.4 Å². The van der Waals surface area contributed by atoms with E-state index in [0.717, 1.165) is 22.5 Å². The lowest BCUT2D eigenvalue weighted by Crippen LogP contribution is -2.48. The normalized spacial score (nSPS) is 27.4. The van der Waals surface area contributed by atoms with Crippen LogP contribution in [0.4, 0.5) is 35.9 Å². The zero-order valence-electron chi connectivity index (χ0n) is 33.3. The molecular formula is C42H52F6N6O6. The monoisotopic (exact) mass is 850 g/mol. The molecule has 2 atom stereocenters. The lowest BCUT2D eigenvalue weighted by Gasteiger charge is -2.39. The van der Waals surface area contributed by atoms with Crippen molar-refractivity contribution in [2.45, 2.75) is 125 Å². The molecule has 18 heteroatoms. The second-order valence-electron chi connectivity index (χ2n) is 17.2. The minimum absolute atomic E-state index is 0.0680. The second-order valence-corrected chi connectivity index (χ2v) is 17.2. The number of amides is 4. The van der Waals surface area contributed by atoms with Gasteiger partial charge in [-0.25, -0.2) is 9.59 Å². The van der Waals surface area contributed by atoms with Gasteiger partial charge in [-0.2, -0.15) is 26.3 Å². The lowest BCUT2D eigenvalue weighted by molar-refractivity contribution is -0.183. The quantitative estimate of drug-likeness (QED) is 0.235. The summed E-state index contributed by atoms with van der Waals surface area (Å²) in [5.74, 6) is -1.55. The molecule has 0 spiro atoms. The fourth-order valence-electron chi connectivity index (χ4n) is 9.09. The van der Waals surface area contributed by atoms with E-state index >= 15 is 0 Å². The largest absolute Gasteiger partial charge is 0.447 e. The molecule has 328 valence electrons. The van der Waals surface area contributed by atoms with E-state index in [1.165, 1.54) is 0 Å². The van der Waals surface area contributed by atoms with E-state index in [0.29, 0.717) is 90.8 Å². The summed E-state index contributed by atoms with van der Waals surface area (Å²) in [6.07, 6.45) is -0.748. The van der Waals surface area contributed by atoms with Crippen molar-refractivity contribution >= 4 is 24.0 Å². The first-order chi connectivity index (χ1) is 28.6. The minimum atomic E-state index is -4.09. The number of nitrogens with one attached hydrogen (secondary N) is 2. The van der Waals surface area contributed by atoms with Crippen LogP contribution in [0, 0.1) is 11.8 Å². The Kier molecular flexibility index (Phi) is 13.4. The number of carbonyl (C=O) groups excluding carboxylic acids is 4. The van der Waals surface area contributed by atoms with Gasteiger partial charge in [-0.05, 0) is 87.5 Å². The van der Waals surface area contributed by atoms with Crippen LogP contribution in [0.2, 0.25) is 0 Å². The number of alkyl carbamates (subject to hydrolysis) is 2. The Bertz CT molecular complexity index is 1670. The molecule has 8 rings (SSSR count). The van der Waals surface area contributed by atoms with Crippen molar-refractivity contribution in [2.24, 2.45) is 11.8 Å². The van der Waals surface area contributed by atoms with Gasteiger partial charge in [0.1, 0.15) is 13.2 Å². The third kappa shape index (κ3) is 11.0. The van der Waals surface area contributed by atoms with Crippen LogP contribution in [0.25, 0.3) is 0 Å². The summed E-state index contributed by atoms with van der Waals surface area (Å²) < 4.78 is 86.6. The van der Waals surface area contributed by atoms with Gasteiger partial charge in [0, 0.05) is 86.5 Å². The number of halogens is 6. The highest BCUT2D eigenvalue weighted by atomic mass is 19.4. The molecule has 2 aromatic rings. The summed E-state index contributed by atoms with van der Waals surface area (Å²) >= 11 is 0. The first-order valence-electron chi connectivity index (χ1n) is 21.1. The number of pyridine rings is 2. The van der Waals surface area contributed by atoms with Crippen molar-refractivity contribution in [1.29, 1.82) is 0 Å². The van der Waals surface area contributed by atoms with Crippen LogP contribution in [0.3, 0.4) is 0 Å².